The minimum atomic E-state index is -0.376. The second-order valence-corrected chi connectivity index (χ2v) is 6.26. The largest absolute Gasteiger partial charge is 0.326 e. The van der Waals surface area contributed by atoms with Crippen molar-refractivity contribution >= 4 is 34.8 Å². The van der Waals surface area contributed by atoms with E-state index in [0.29, 0.717) is 17.3 Å². The predicted molar refractivity (Wildman–Crippen MR) is 96.4 cm³/mol. The van der Waals surface area contributed by atoms with Crippen molar-refractivity contribution in [2.75, 3.05) is 16.8 Å². The molecule has 0 spiro atoms. The molecule has 0 bridgehead atoms. The van der Waals surface area contributed by atoms with Crippen LogP contribution in [-0.4, -0.2) is 18.4 Å². The third kappa shape index (κ3) is 3.29. The minimum absolute atomic E-state index is 0.0768. The zero-order valence-corrected chi connectivity index (χ0v) is 14.2. The summed E-state index contributed by atoms with van der Waals surface area (Å²) < 4.78 is 0. The summed E-state index contributed by atoms with van der Waals surface area (Å²) in [5.74, 6) is -0.579. The van der Waals surface area contributed by atoms with Gasteiger partial charge in [-0.25, -0.2) is 0 Å². The number of aryl methyl sites for hydroxylation is 1. The fourth-order valence-electron chi connectivity index (χ4n) is 2.97. The number of hydrogen-bond donors (Lipinski definition) is 1. The Morgan fingerprint density at radius 3 is 2.67 bits per heavy atom. The number of hydrogen-bond acceptors (Lipinski definition) is 2. The summed E-state index contributed by atoms with van der Waals surface area (Å²) in [6.07, 6.45) is 1.04. The lowest BCUT2D eigenvalue weighted by molar-refractivity contribution is -0.122. The van der Waals surface area contributed by atoms with E-state index in [1.54, 1.807) is 17.0 Å². The molecule has 5 heteroatoms. The number of anilines is 2. The highest BCUT2D eigenvalue weighted by Crippen LogP contribution is 2.31. The van der Waals surface area contributed by atoms with Crippen LogP contribution in [0.5, 0.6) is 0 Å². The molecule has 1 atom stereocenters. The van der Waals surface area contributed by atoms with E-state index in [4.69, 9.17) is 11.6 Å². The third-order valence-electron chi connectivity index (χ3n) is 4.30. The van der Waals surface area contributed by atoms with E-state index in [1.165, 1.54) is 0 Å². The minimum Gasteiger partial charge on any atom is -0.326 e. The number of nitrogens with one attached hydrogen (secondary N) is 1. The number of amides is 2. The van der Waals surface area contributed by atoms with Gasteiger partial charge in [-0.05, 0) is 30.2 Å². The van der Waals surface area contributed by atoms with Crippen molar-refractivity contribution in [3.05, 3.63) is 59.1 Å². The zero-order chi connectivity index (χ0) is 17.1. The third-order valence-corrected chi connectivity index (χ3v) is 4.61. The molecule has 1 N–H and O–H groups in total. The average Bonchev–Trinajstić information content (AvgIpc) is 2.97. The number of carbonyl (C=O) groups is 2. The van der Waals surface area contributed by atoms with Gasteiger partial charge < -0.3 is 10.2 Å². The van der Waals surface area contributed by atoms with Crippen LogP contribution in [0, 0.1) is 5.92 Å². The van der Waals surface area contributed by atoms with Crippen LogP contribution in [0.25, 0.3) is 0 Å². The Morgan fingerprint density at radius 1 is 1.21 bits per heavy atom. The van der Waals surface area contributed by atoms with Crippen LogP contribution in [-0.2, 0) is 16.0 Å². The van der Waals surface area contributed by atoms with Gasteiger partial charge in [0.15, 0.2) is 0 Å². The fourth-order valence-corrected chi connectivity index (χ4v) is 3.21. The van der Waals surface area contributed by atoms with Crippen molar-refractivity contribution in [3.63, 3.8) is 0 Å². The molecule has 124 valence electrons. The molecule has 1 aliphatic heterocycles. The molecule has 1 fully saturated rings. The molecule has 1 heterocycles. The molecular formula is C19H19ClN2O2. The van der Waals surface area contributed by atoms with E-state index in [-0.39, 0.29) is 24.2 Å². The molecule has 1 saturated heterocycles. The molecule has 1 aliphatic rings. The number of benzene rings is 2. The Morgan fingerprint density at radius 2 is 1.92 bits per heavy atom. The van der Waals surface area contributed by atoms with Crippen LogP contribution in [0.4, 0.5) is 11.4 Å². The molecule has 2 amide bonds. The lowest BCUT2D eigenvalue weighted by Gasteiger charge is -2.18. The predicted octanol–water partition coefficient (Wildman–Crippen LogP) is 3.89. The van der Waals surface area contributed by atoms with Gasteiger partial charge >= 0.3 is 0 Å². The van der Waals surface area contributed by atoms with Crippen molar-refractivity contribution < 1.29 is 9.59 Å². The highest BCUT2D eigenvalue weighted by atomic mass is 35.5. The van der Waals surface area contributed by atoms with E-state index in [1.807, 2.05) is 43.3 Å². The molecule has 0 radical (unpaired) electrons. The topological polar surface area (TPSA) is 49.4 Å². The standard InChI is InChI=1S/C19H19ClN2O2/c1-2-13-7-3-5-9-16(13)21-19(24)14-11-18(23)22(12-14)17-10-6-4-8-15(17)20/h3-10,14H,2,11-12H2,1H3,(H,21,24). The smallest absolute Gasteiger partial charge is 0.229 e. The van der Waals surface area contributed by atoms with Gasteiger partial charge in [0.05, 0.1) is 16.6 Å². The van der Waals surface area contributed by atoms with Gasteiger partial charge in [-0.2, -0.15) is 0 Å². The molecule has 1 unspecified atom stereocenters. The number of nitrogens with zero attached hydrogens (tertiary/aromatic N) is 1. The molecule has 2 aromatic carbocycles. The van der Waals surface area contributed by atoms with Crippen molar-refractivity contribution in [2.24, 2.45) is 5.92 Å². The van der Waals surface area contributed by atoms with Crippen molar-refractivity contribution in [1.82, 2.24) is 0 Å². The van der Waals surface area contributed by atoms with Gasteiger partial charge in [0, 0.05) is 18.7 Å². The van der Waals surface area contributed by atoms with Crippen molar-refractivity contribution in [2.45, 2.75) is 19.8 Å². The monoisotopic (exact) mass is 342 g/mol. The summed E-state index contributed by atoms with van der Waals surface area (Å²) in [5, 5.41) is 3.48. The molecule has 0 aromatic heterocycles. The van der Waals surface area contributed by atoms with E-state index in [2.05, 4.69) is 5.32 Å². The second kappa shape index (κ2) is 7.05. The van der Waals surface area contributed by atoms with E-state index >= 15 is 0 Å². The van der Waals surface area contributed by atoms with Crippen LogP contribution in [0.15, 0.2) is 48.5 Å². The van der Waals surface area contributed by atoms with Crippen LogP contribution in [0.1, 0.15) is 18.9 Å². The molecule has 24 heavy (non-hydrogen) atoms. The molecule has 0 aliphatic carbocycles. The maximum Gasteiger partial charge on any atom is 0.229 e. The zero-order valence-electron chi connectivity index (χ0n) is 13.5. The van der Waals surface area contributed by atoms with Gasteiger partial charge in [-0.3, -0.25) is 9.59 Å². The van der Waals surface area contributed by atoms with Crippen molar-refractivity contribution in [3.8, 4) is 0 Å². The maximum absolute atomic E-state index is 12.6. The van der Waals surface area contributed by atoms with Crippen LogP contribution < -0.4 is 10.2 Å². The van der Waals surface area contributed by atoms with Gasteiger partial charge in [-0.15, -0.1) is 0 Å². The Balaban J connectivity index is 1.74. The van der Waals surface area contributed by atoms with Crippen LogP contribution in [0.3, 0.4) is 0 Å². The Kier molecular flexibility index (Phi) is 4.86. The lowest BCUT2D eigenvalue weighted by atomic mass is 10.1. The van der Waals surface area contributed by atoms with Gasteiger partial charge in [0.1, 0.15) is 0 Å². The molecule has 3 rings (SSSR count). The maximum atomic E-state index is 12.6. The van der Waals surface area contributed by atoms with Gasteiger partial charge in [-0.1, -0.05) is 48.9 Å². The number of carbonyl (C=O) groups excluding carboxylic acids is 2. The Bertz CT molecular complexity index is 775. The van der Waals surface area contributed by atoms with E-state index in [0.717, 1.165) is 17.7 Å². The van der Waals surface area contributed by atoms with Gasteiger partial charge in [0.2, 0.25) is 11.8 Å². The fraction of sp³-hybridized carbons (Fsp3) is 0.263. The average molecular weight is 343 g/mol. The first-order chi connectivity index (χ1) is 11.6. The quantitative estimate of drug-likeness (QED) is 0.916. The first-order valence-electron chi connectivity index (χ1n) is 8.03. The normalized spacial score (nSPS) is 17.2. The summed E-state index contributed by atoms with van der Waals surface area (Å²) in [4.78, 5) is 26.5. The van der Waals surface area contributed by atoms with E-state index < -0.39 is 0 Å². The Hall–Kier alpha value is -2.33. The molecule has 4 nitrogen and oxygen atoms in total. The van der Waals surface area contributed by atoms with E-state index in [9.17, 15) is 9.59 Å². The highest BCUT2D eigenvalue weighted by Gasteiger charge is 2.35. The first-order valence-corrected chi connectivity index (χ1v) is 8.41. The molecule has 0 saturated carbocycles. The Labute approximate surface area is 146 Å². The van der Waals surface area contributed by atoms with Crippen molar-refractivity contribution in [1.29, 1.82) is 0 Å². The summed E-state index contributed by atoms with van der Waals surface area (Å²) in [6.45, 7) is 2.39. The highest BCUT2D eigenvalue weighted by molar-refractivity contribution is 6.33. The summed E-state index contributed by atoms with van der Waals surface area (Å²) in [5.41, 5.74) is 2.56. The summed E-state index contributed by atoms with van der Waals surface area (Å²) in [7, 11) is 0. The molecule has 2 aromatic rings. The second-order valence-electron chi connectivity index (χ2n) is 5.86. The first kappa shape index (κ1) is 16.5. The van der Waals surface area contributed by atoms with Gasteiger partial charge in [0.25, 0.3) is 0 Å². The van der Waals surface area contributed by atoms with Crippen LogP contribution in [0.2, 0.25) is 5.02 Å². The lowest BCUT2D eigenvalue weighted by Crippen LogP contribution is -2.28. The SMILES string of the molecule is CCc1ccccc1NC(=O)C1CC(=O)N(c2ccccc2Cl)C1. The summed E-state index contributed by atoms with van der Waals surface area (Å²) in [6, 6.07) is 14.9. The number of halogens is 1. The van der Waals surface area contributed by atoms with Crippen LogP contribution >= 0.6 is 11.6 Å². The molecular weight excluding hydrogens is 324 g/mol. The summed E-state index contributed by atoms with van der Waals surface area (Å²) >= 11 is 6.17. The number of rotatable bonds is 4. The number of para-hydroxylation sites is 2.